The Bertz CT molecular complexity index is 1450. The quantitative estimate of drug-likeness (QED) is 0.135. The second-order valence-corrected chi connectivity index (χ2v) is 11.3. The normalized spacial score (nSPS) is 18.8. The summed E-state index contributed by atoms with van der Waals surface area (Å²) < 4.78 is 0.699. The fourth-order valence-electron chi connectivity index (χ4n) is 3.79. The summed E-state index contributed by atoms with van der Waals surface area (Å²) in [7, 11) is 0. The number of carboxylic acids is 1. The van der Waals surface area contributed by atoms with Crippen molar-refractivity contribution in [1.82, 2.24) is 30.4 Å². The molecule has 0 bridgehead atoms. The molecule has 2 amide bonds. The van der Waals surface area contributed by atoms with Gasteiger partial charge in [-0.3, -0.25) is 14.5 Å². The summed E-state index contributed by atoms with van der Waals surface area (Å²) >= 11 is 4.06. The number of fused-ring (bicyclic) bond motifs is 1. The monoisotopic (exact) mass is 584 g/mol. The minimum atomic E-state index is -1.21. The zero-order chi connectivity index (χ0) is 27.4. The number of aliphatic carboxylic acids is 1. The number of carboxylic acid groups (broad SMARTS) is 1. The van der Waals surface area contributed by atoms with E-state index in [1.807, 2.05) is 30.3 Å². The number of hydrogen-bond acceptors (Lipinski definition) is 13. The Morgan fingerprint density at radius 2 is 2.10 bits per heavy atom. The number of nitrogens with two attached hydrogens (primary N) is 1. The average molecular weight is 585 g/mol. The zero-order valence-electron chi connectivity index (χ0n) is 20.0. The largest absolute Gasteiger partial charge is 0.477 e. The number of amides is 2. The van der Waals surface area contributed by atoms with Gasteiger partial charge in [-0.15, -0.1) is 22.0 Å². The number of rotatable bonds is 10. The molecule has 13 nitrogen and oxygen atoms in total. The Labute approximate surface area is 233 Å². The molecule has 1 fully saturated rings. The number of carbonyl (C=O) groups is 3. The van der Waals surface area contributed by atoms with Crippen LogP contribution in [0.4, 0.5) is 5.82 Å². The number of β-lactam (4-membered cyclic amide) rings is 1. The molecule has 5 rings (SSSR count). The van der Waals surface area contributed by atoms with Crippen molar-refractivity contribution in [3.05, 3.63) is 70.8 Å². The Morgan fingerprint density at radius 3 is 2.82 bits per heavy atom. The molecular formula is C23H20N8O5S3. The molecule has 0 spiro atoms. The van der Waals surface area contributed by atoms with Crippen LogP contribution in [0, 0.1) is 0 Å². The van der Waals surface area contributed by atoms with Gasteiger partial charge in [-0.05, 0) is 17.2 Å². The average Bonchev–Trinajstić information content (AvgIpc) is 3.46. The van der Waals surface area contributed by atoms with Gasteiger partial charge in [0.05, 0.1) is 0 Å². The number of nitrogen functional groups attached to an aromatic ring is 1. The Balaban J connectivity index is 1.31. The highest BCUT2D eigenvalue weighted by Crippen LogP contribution is 2.41. The van der Waals surface area contributed by atoms with Crippen LogP contribution < -0.4 is 11.1 Å². The van der Waals surface area contributed by atoms with Crippen LogP contribution in [0.3, 0.4) is 0 Å². The molecule has 0 radical (unpaired) electrons. The molecule has 1 aromatic carbocycles. The van der Waals surface area contributed by atoms with E-state index in [0.29, 0.717) is 21.4 Å². The molecule has 0 saturated carbocycles. The van der Waals surface area contributed by atoms with Crippen LogP contribution in [0.25, 0.3) is 0 Å². The Hall–Kier alpha value is -4.02. The molecule has 16 heteroatoms. The van der Waals surface area contributed by atoms with Crippen LogP contribution in [0.2, 0.25) is 0 Å². The number of aromatic nitrogens is 4. The standard InChI is InChI=1S/C23H20N8O5S3/c24-14-6-7-25-18(27-14)15(30-36-8-12-4-2-1-3-5-12)19(32)28-16-20(33)31-17(22(34)35)13(9-37-21(16)31)10-38-23-29-26-11-39-23/h1-7,11,16,21H,8-10H2,(H,28,32)(H,34,35)(H2,24,25,27)/b30-15-/t16?,21-/m1/s1. The summed E-state index contributed by atoms with van der Waals surface area (Å²) in [5.41, 5.74) is 8.42. The molecule has 2 aromatic heterocycles. The molecule has 3 aromatic rings. The van der Waals surface area contributed by atoms with Crippen LogP contribution in [-0.4, -0.2) is 76.6 Å². The molecule has 2 atom stereocenters. The first-order valence-electron chi connectivity index (χ1n) is 11.3. The summed E-state index contributed by atoms with van der Waals surface area (Å²) in [6.45, 7) is 0.0825. The van der Waals surface area contributed by atoms with Crippen LogP contribution in [0.1, 0.15) is 11.4 Å². The van der Waals surface area contributed by atoms with Gasteiger partial charge < -0.3 is 21.0 Å². The maximum absolute atomic E-state index is 13.3. The van der Waals surface area contributed by atoms with Crippen molar-refractivity contribution >= 4 is 64.2 Å². The highest BCUT2D eigenvalue weighted by Gasteiger charge is 2.54. The third kappa shape index (κ3) is 5.86. The number of anilines is 1. The zero-order valence-corrected chi connectivity index (χ0v) is 22.4. The van der Waals surface area contributed by atoms with Crippen molar-refractivity contribution in [3.63, 3.8) is 0 Å². The van der Waals surface area contributed by atoms with E-state index in [2.05, 4.69) is 30.6 Å². The van der Waals surface area contributed by atoms with Crippen molar-refractivity contribution < 1.29 is 24.3 Å². The smallest absolute Gasteiger partial charge is 0.352 e. The summed E-state index contributed by atoms with van der Waals surface area (Å²) in [5, 5.41) is 23.6. The number of thioether (sulfide) groups is 2. The number of carbonyl (C=O) groups excluding carboxylic acids is 2. The molecule has 200 valence electrons. The van der Waals surface area contributed by atoms with Crippen molar-refractivity contribution in [3.8, 4) is 0 Å². The number of nitrogens with zero attached hydrogens (tertiary/aromatic N) is 6. The number of hydrogen-bond donors (Lipinski definition) is 3. The first kappa shape index (κ1) is 26.6. The maximum atomic E-state index is 13.3. The fourth-order valence-corrected chi connectivity index (χ4v) is 6.77. The van der Waals surface area contributed by atoms with E-state index in [1.54, 1.807) is 5.51 Å². The van der Waals surface area contributed by atoms with E-state index in [4.69, 9.17) is 10.6 Å². The molecule has 1 saturated heterocycles. The topological polar surface area (TPSA) is 186 Å². The van der Waals surface area contributed by atoms with Crippen molar-refractivity contribution in [2.75, 3.05) is 17.2 Å². The lowest BCUT2D eigenvalue weighted by Crippen LogP contribution is -2.71. The number of oxime groups is 1. The summed E-state index contributed by atoms with van der Waals surface area (Å²) in [6, 6.07) is 9.69. The van der Waals surface area contributed by atoms with Gasteiger partial charge >= 0.3 is 5.97 Å². The first-order chi connectivity index (χ1) is 18.9. The van der Waals surface area contributed by atoms with E-state index in [0.717, 1.165) is 5.56 Å². The second kappa shape index (κ2) is 11.8. The van der Waals surface area contributed by atoms with Gasteiger partial charge in [-0.1, -0.05) is 58.6 Å². The highest BCUT2D eigenvalue weighted by molar-refractivity contribution is 8.01. The van der Waals surface area contributed by atoms with Crippen molar-refractivity contribution in [2.45, 2.75) is 22.4 Å². The minimum Gasteiger partial charge on any atom is -0.477 e. The third-order valence-electron chi connectivity index (χ3n) is 5.58. The lowest BCUT2D eigenvalue weighted by Gasteiger charge is -2.49. The first-order valence-corrected chi connectivity index (χ1v) is 14.3. The van der Waals surface area contributed by atoms with Crippen molar-refractivity contribution in [2.24, 2.45) is 5.16 Å². The van der Waals surface area contributed by atoms with Crippen LogP contribution in [0.15, 0.2) is 68.9 Å². The molecule has 39 heavy (non-hydrogen) atoms. The molecule has 4 heterocycles. The van der Waals surface area contributed by atoms with E-state index in [9.17, 15) is 19.5 Å². The lowest BCUT2D eigenvalue weighted by atomic mass is 10.0. The summed E-state index contributed by atoms with van der Waals surface area (Å²) in [5.74, 6) is -1.76. The Morgan fingerprint density at radius 1 is 1.28 bits per heavy atom. The predicted octanol–water partition coefficient (Wildman–Crippen LogP) is 1.36. The highest BCUT2D eigenvalue weighted by atomic mass is 32.2. The van der Waals surface area contributed by atoms with Crippen molar-refractivity contribution in [1.29, 1.82) is 0 Å². The second-order valence-electron chi connectivity index (χ2n) is 8.12. The molecule has 1 unspecified atom stereocenters. The fraction of sp³-hybridized carbons (Fsp3) is 0.217. The molecular weight excluding hydrogens is 565 g/mol. The van der Waals surface area contributed by atoms with E-state index >= 15 is 0 Å². The van der Waals surface area contributed by atoms with Gasteiger partial charge in [-0.2, -0.15) is 0 Å². The molecule has 2 aliphatic heterocycles. The number of nitrogens with one attached hydrogen (secondary N) is 1. The van der Waals surface area contributed by atoms with Crippen LogP contribution in [-0.2, 0) is 25.8 Å². The molecule has 2 aliphatic rings. The van der Waals surface area contributed by atoms with Gasteiger partial charge in [-0.25, -0.2) is 14.8 Å². The molecule has 0 aliphatic carbocycles. The number of benzene rings is 1. The molecule has 4 N–H and O–H groups in total. The van der Waals surface area contributed by atoms with E-state index in [1.165, 1.54) is 52.0 Å². The van der Waals surface area contributed by atoms with Crippen LogP contribution >= 0.6 is 34.9 Å². The van der Waals surface area contributed by atoms with Gasteiger partial charge in [0.15, 0.2) is 10.2 Å². The lowest BCUT2D eigenvalue weighted by molar-refractivity contribution is -0.150. The minimum absolute atomic E-state index is 0.0782. The van der Waals surface area contributed by atoms with Gasteiger partial charge in [0.25, 0.3) is 11.8 Å². The maximum Gasteiger partial charge on any atom is 0.352 e. The van der Waals surface area contributed by atoms with Gasteiger partial charge in [0.1, 0.15) is 35.0 Å². The summed E-state index contributed by atoms with van der Waals surface area (Å²) in [6.07, 6.45) is 1.37. The van der Waals surface area contributed by atoms with E-state index in [-0.39, 0.29) is 29.7 Å². The Kier molecular flexibility index (Phi) is 8.04. The van der Waals surface area contributed by atoms with Gasteiger partial charge in [0.2, 0.25) is 5.71 Å². The third-order valence-corrected chi connectivity index (χ3v) is 8.87. The van der Waals surface area contributed by atoms with Gasteiger partial charge in [0, 0.05) is 17.7 Å². The van der Waals surface area contributed by atoms with Crippen LogP contribution in [0.5, 0.6) is 0 Å². The summed E-state index contributed by atoms with van der Waals surface area (Å²) in [4.78, 5) is 53.2. The van der Waals surface area contributed by atoms with E-state index < -0.39 is 29.2 Å². The predicted molar refractivity (Wildman–Crippen MR) is 145 cm³/mol. The SMILES string of the molecule is Nc1ccnc(/C(=N/OCc2ccccc2)C(=O)NC2C(=O)N3C(C(=O)O)=C(CSc4nncs4)CS[C@H]23)n1.